The molecule has 4 unspecified atom stereocenters. The smallest absolute Gasteiger partial charge is 0.324 e. The van der Waals surface area contributed by atoms with E-state index in [-0.39, 0.29) is 6.16 Å². The SMILES string of the molecule is CCC(C)CC(CC1CCC(C)(CP(=O)(O)O)c2ccccc21)c1ccccc1. The molecule has 1 aliphatic rings. The van der Waals surface area contributed by atoms with Gasteiger partial charge in [0, 0.05) is 5.41 Å². The molecule has 0 saturated heterocycles. The minimum Gasteiger partial charge on any atom is -0.324 e. The van der Waals surface area contributed by atoms with E-state index in [1.54, 1.807) is 0 Å². The molecule has 158 valence electrons. The molecule has 0 radical (unpaired) electrons. The largest absolute Gasteiger partial charge is 0.326 e. The minimum atomic E-state index is -4.07. The summed E-state index contributed by atoms with van der Waals surface area (Å²) in [4.78, 5) is 19.3. The molecule has 0 aliphatic heterocycles. The zero-order valence-corrected chi connectivity index (χ0v) is 18.8. The summed E-state index contributed by atoms with van der Waals surface area (Å²) in [6, 6.07) is 19.2. The van der Waals surface area contributed by atoms with Crippen LogP contribution in [0.2, 0.25) is 0 Å². The quantitative estimate of drug-likeness (QED) is 0.478. The Bertz CT molecular complexity index is 844. The lowest BCUT2D eigenvalue weighted by molar-refractivity contribution is 0.320. The van der Waals surface area contributed by atoms with Crippen LogP contribution in [0.5, 0.6) is 0 Å². The summed E-state index contributed by atoms with van der Waals surface area (Å²) >= 11 is 0. The number of hydrogen-bond acceptors (Lipinski definition) is 1. The molecule has 0 heterocycles. The second kappa shape index (κ2) is 9.16. The van der Waals surface area contributed by atoms with Crippen LogP contribution >= 0.6 is 7.60 Å². The molecule has 2 aromatic carbocycles. The number of benzene rings is 2. The van der Waals surface area contributed by atoms with Crippen molar-refractivity contribution < 1.29 is 14.4 Å². The third-order valence-electron chi connectivity index (χ3n) is 6.87. The minimum absolute atomic E-state index is 0.0707. The van der Waals surface area contributed by atoms with Crippen LogP contribution < -0.4 is 0 Å². The van der Waals surface area contributed by atoms with Gasteiger partial charge in [-0.3, -0.25) is 4.57 Å². The highest BCUT2D eigenvalue weighted by Gasteiger charge is 2.40. The Balaban J connectivity index is 1.90. The van der Waals surface area contributed by atoms with Crippen molar-refractivity contribution in [2.75, 3.05) is 6.16 Å². The summed E-state index contributed by atoms with van der Waals surface area (Å²) in [5.41, 5.74) is 3.38. The van der Waals surface area contributed by atoms with Crippen LogP contribution in [0.15, 0.2) is 54.6 Å². The van der Waals surface area contributed by atoms with Crippen molar-refractivity contribution >= 4 is 7.60 Å². The van der Waals surface area contributed by atoms with E-state index in [0.29, 0.717) is 17.8 Å². The Hall–Kier alpha value is -1.41. The number of fused-ring (bicyclic) bond motifs is 1. The highest BCUT2D eigenvalue weighted by atomic mass is 31.2. The Morgan fingerprint density at radius 2 is 1.76 bits per heavy atom. The molecule has 2 N–H and O–H groups in total. The monoisotopic (exact) mass is 414 g/mol. The highest BCUT2D eigenvalue weighted by Crippen LogP contribution is 2.52. The van der Waals surface area contributed by atoms with Gasteiger partial charge in [-0.25, -0.2) is 0 Å². The molecule has 29 heavy (non-hydrogen) atoms. The van der Waals surface area contributed by atoms with Crippen molar-refractivity contribution in [3.8, 4) is 0 Å². The van der Waals surface area contributed by atoms with Gasteiger partial charge in [-0.15, -0.1) is 0 Å². The van der Waals surface area contributed by atoms with Gasteiger partial charge in [0.2, 0.25) is 0 Å². The summed E-state index contributed by atoms with van der Waals surface area (Å²) in [5, 5.41) is 0. The fourth-order valence-corrected chi connectivity index (χ4v) is 6.38. The highest BCUT2D eigenvalue weighted by molar-refractivity contribution is 7.51. The van der Waals surface area contributed by atoms with E-state index in [1.165, 1.54) is 24.0 Å². The second-order valence-corrected chi connectivity index (χ2v) is 10.9. The van der Waals surface area contributed by atoms with Crippen LogP contribution in [-0.2, 0) is 9.98 Å². The van der Waals surface area contributed by atoms with Crippen LogP contribution in [0, 0.1) is 5.92 Å². The third-order valence-corrected chi connectivity index (χ3v) is 7.98. The fraction of sp³-hybridized carbons (Fsp3) is 0.520. The standard InChI is InChI=1S/C25H35O3P/c1-4-19(2)16-22(20-10-6-5-7-11-20)17-21-14-15-25(3,18-29(26,27)28)24-13-9-8-12-23(21)24/h5-13,19,21-22H,4,14-18H2,1-3H3,(H2,26,27,28). The third kappa shape index (κ3) is 5.60. The van der Waals surface area contributed by atoms with Gasteiger partial charge in [-0.1, -0.05) is 81.8 Å². The van der Waals surface area contributed by atoms with Crippen LogP contribution in [0.1, 0.15) is 81.4 Å². The Labute approximate surface area is 175 Å². The van der Waals surface area contributed by atoms with E-state index < -0.39 is 13.0 Å². The van der Waals surface area contributed by atoms with Crippen molar-refractivity contribution in [2.45, 2.75) is 70.1 Å². The topological polar surface area (TPSA) is 57.5 Å². The molecule has 1 aliphatic carbocycles. The van der Waals surface area contributed by atoms with Crippen molar-refractivity contribution in [3.05, 3.63) is 71.3 Å². The van der Waals surface area contributed by atoms with Crippen molar-refractivity contribution in [3.63, 3.8) is 0 Å². The number of rotatable bonds is 8. The maximum absolute atomic E-state index is 11.8. The van der Waals surface area contributed by atoms with Crippen molar-refractivity contribution in [1.82, 2.24) is 0 Å². The molecule has 0 saturated carbocycles. The first-order chi connectivity index (χ1) is 13.7. The van der Waals surface area contributed by atoms with E-state index in [9.17, 15) is 14.4 Å². The molecule has 3 rings (SSSR count). The van der Waals surface area contributed by atoms with Crippen molar-refractivity contribution in [1.29, 1.82) is 0 Å². The maximum Gasteiger partial charge on any atom is 0.326 e. The molecule has 4 heteroatoms. The molecule has 0 aromatic heterocycles. The summed E-state index contributed by atoms with van der Waals surface area (Å²) in [6.07, 6.45) is 5.20. The second-order valence-electron chi connectivity index (χ2n) is 9.30. The zero-order chi connectivity index (χ0) is 21.1. The van der Waals surface area contributed by atoms with Gasteiger partial charge < -0.3 is 9.79 Å². The fourth-order valence-electron chi connectivity index (χ4n) is 5.14. The first-order valence-corrected chi connectivity index (χ1v) is 12.7. The summed E-state index contributed by atoms with van der Waals surface area (Å²) in [6.45, 7) is 6.62. The average molecular weight is 415 g/mol. The first kappa shape index (κ1) is 22.3. The van der Waals surface area contributed by atoms with Crippen LogP contribution in [0.25, 0.3) is 0 Å². The average Bonchev–Trinajstić information content (AvgIpc) is 2.69. The molecule has 0 fully saturated rings. The predicted molar refractivity (Wildman–Crippen MR) is 121 cm³/mol. The lowest BCUT2D eigenvalue weighted by Crippen LogP contribution is -2.33. The molecule has 3 nitrogen and oxygen atoms in total. The number of hydrogen-bond donors (Lipinski definition) is 2. The van der Waals surface area contributed by atoms with Gasteiger partial charge in [0.1, 0.15) is 0 Å². The lowest BCUT2D eigenvalue weighted by Gasteiger charge is -2.41. The normalized spacial score (nSPS) is 24.0. The zero-order valence-electron chi connectivity index (χ0n) is 17.9. The van der Waals surface area contributed by atoms with E-state index in [0.717, 1.165) is 24.8 Å². The molecular weight excluding hydrogens is 379 g/mol. The summed E-state index contributed by atoms with van der Waals surface area (Å²) < 4.78 is 11.8. The van der Waals surface area contributed by atoms with E-state index in [2.05, 4.69) is 62.4 Å². The molecular formula is C25H35O3P. The van der Waals surface area contributed by atoms with E-state index >= 15 is 0 Å². The van der Waals surface area contributed by atoms with Crippen molar-refractivity contribution in [2.24, 2.45) is 5.92 Å². The molecule has 0 amide bonds. The van der Waals surface area contributed by atoms with Gasteiger partial charge in [0.05, 0.1) is 6.16 Å². The van der Waals surface area contributed by atoms with Crippen LogP contribution in [0.3, 0.4) is 0 Å². The Morgan fingerprint density at radius 1 is 1.10 bits per heavy atom. The summed E-state index contributed by atoms with van der Waals surface area (Å²) in [7, 11) is -4.07. The van der Waals surface area contributed by atoms with Gasteiger partial charge in [0.25, 0.3) is 0 Å². The molecule has 0 spiro atoms. The van der Waals surface area contributed by atoms with Gasteiger partial charge in [-0.2, -0.15) is 0 Å². The molecule has 2 aromatic rings. The Kier molecular flexibility index (Phi) is 7.04. The predicted octanol–water partition coefficient (Wildman–Crippen LogP) is 6.61. The van der Waals surface area contributed by atoms with Gasteiger partial charge >= 0.3 is 7.60 Å². The molecule has 4 atom stereocenters. The Morgan fingerprint density at radius 3 is 2.41 bits per heavy atom. The summed E-state index contributed by atoms with van der Waals surface area (Å²) in [5.74, 6) is 1.62. The lowest BCUT2D eigenvalue weighted by atomic mass is 9.66. The van der Waals surface area contributed by atoms with E-state index in [4.69, 9.17) is 0 Å². The van der Waals surface area contributed by atoms with Gasteiger partial charge in [0.15, 0.2) is 0 Å². The molecule has 0 bridgehead atoms. The van der Waals surface area contributed by atoms with Gasteiger partial charge in [-0.05, 0) is 60.1 Å². The maximum atomic E-state index is 11.8. The van der Waals surface area contributed by atoms with E-state index in [1.807, 2.05) is 13.0 Å². The first-order valence-electron chi connectivity index (χ1n) is 10.9. The van der Waals surface area contributed by atoms with Crippen LogP contribution in [-0.4, -0.2) is 15.9 Å². The van der Waals surface area contributed by atoms with Crippen LogP contribution in [0.4, 0.5) is 0 Å².